The molecule has 0 radical (unpaired) electrons. The fourth-order valence-corrected chi connectivity index (χ4v) is 3.17. The summed E-state index contributed by atoms with van der Waals surface area (Å²) in [6, 6.07) is 8.08. The summed E-state index contributed by atoms with van der Waals surface area (Å²) >= 11 is 6.28. The third-order valence-electron chi connectivity index (χ3n) is 4.36. The van der Waals surface area contributed by atoms with E-state index in [1.807, 2.05) is 32.9 Å². The van der Waals surface area contributed by atoms with Crippen LogP contribution in [0.15, 0.2) is 36.5 Å². The number of H-pyrrole nitrogens is 1. The van der Waals surface area contributed by atoms with Gasteiger partial charge in [-0.25, -0.2) is 9.67 Å². The number of carbonyl (C=O) groups is 2. The van der Waals surface area contributed by atoms with E-state index in [1.165, 1.54) is 6.20 Å². The Hall–Kier alpha value is -3.20. The minimum absolute atomic E-state index is 0.0186. The van der Waals surface area contributed by atoms with Crippen LogP contribution in [0.2, 0.25) is 5.02 Å². The summed E-state index contributed by atoms with van der Waals surface area (Å²) in [6.07, 6.45) is 2.54. The molecular weight excluding hydrogens is 406 g/mol. The number of anilines is 1. The molecule has 3 rings (SSSR count). The van der Waals surface area contributed by atoms with E-state index in [1.54, 1.807) is 22.9 Å². The highest BCUT2D eigenvalue weighted by Gasteiger charge is 2.26. The molecule has 3 N–H and O–H groups in total. The van der Waals surface area contributed by atoms with Crippen molar-refractivity contribution < 1.29 is 9.59 Å². The Balaban J connectivity index is 1.81. The summed E-state index contributed by atoms with van der Waals surface area (Å²) in [5.74, 6) is 0.342. The van der Waals surface area contributed by atoms with Crippen molar-refractivity contribution in [3.63, 3.8) is 0 Å². The van der Waals surface area contributed by atoms with Crippen molar-refractivity contribution in [1.82, 2.24) is 30.3 Å². The Labute approximate surface area is 179 Å². The van der Waals surface area contributed by atoms with E-state index in [0.29, 0.717) is 35.2 Å². The van der Waals surface area contributed by atoms with Crippen LogP contribution >= 0.6 is 11.6 Å². The van der Waals surface area contributed by atoms with Crippen LogP contribution in [0.4, 0.5) is 5.82 Å². The lowest BCUT2D eigenvalue weighted by molar-refractivity contribution is -0.118. The molecule has 2 heterocycles. The first-order valence-corrected chi connectivity index (χ1v) is 10.1. The van der Waals surface area contributed by atoms with Crippen LogP contribution in [-0.4, -0.2) is 42.8 Å². The van der Waals surface area contributed by atoms with Crippen molar-refractivity contribution >= 4 is 29.2 Å². The number of hydrogen-bond donors (Lipinski definition) is 3. The zero-order valence-electron chi connectivity index (χ0n) is 17.0. The number of aryl methyl sites for hydroxylation is 1. The van der Waals surface area contributed by atoms with Crippen molar-refractivity contribution in [1.29, 1.82) is 0 Å². The first kappa shape index (κ1) is 21.5. The molecule has 1 aromatic carbocycles. The quantitative estimate of drug-likeness (QED) is 0.508. The average molecular weight is 430 g/mol. The molecular formula is C20H24ClN7O2. The number of aromatic nitrogens is 5. The summed E-state index contributed by atoms with van der Waals surface area (Å²) < 4.78 is 1.55. The molecule has 0 saturated heterocycles. The molecule has 2 amide bonds. The molecule has 0 spiro atoms. The van der Waals surface area contributed by atoms with Crippen LogP contribution in [0.25, 0.3) is 5.69 Å². The predicted octanol–water partition coefficient (Wildman–Crippen LogP) is 2.99. The molecule has 0 aliphatic carbocycles. The second-order valence-electron chi connectivity index (χ2n) is 7.18. The Morgan fingerprint density at radius 2 is 2.00 bits per heavy atom. The fraction of sp³-hybridized carbons (Fsp3) is 0.350. The van der Waals surface area contributed by atoms with E-state index in [2.05, 4.69) is 30.9 Å². The summed E-state index contributed by atoms with van der Waals surface area (Å²) in [4.78, 5) is 29.9. The van der Waals surface area contributed by atoms with Gasteiger partial charge in [0.25, 0.3) is 5.91 Å². The summed E-state index contributed by atoms with van der Waals surface area (Å²) in [5.41, 5.74) is 0.637. The summed E-state index contributed by atoms with van der Waals surface area (Å²) in [5, 5.41) is 16.8. The number of amides is 2. The molecule has 10 heteroatoms. The molecule has 1 unspecified atom stereocenters. The predicted molar refractivity (Wildman–Crippen MR) is 114 cm³/mol. The van der Waals surface area contributed by atoms with Crippen LogP contribution in [0, 0.1) is 5.92 Å². The van der Waals surface area contributed by atoms with Crippen LogP contribution in [0.3, 0.4) is 0 Å². The maximum atomic E-state index is 12.9. The lowest BCUT2D eigenvalue weighted by Gasteiger charge is -2.19. The second-order valence-corrected chi connectivity index (χ2v) is 7.59. The second kappa shape index (κ2) is 9.53. The number of hydrogen-bond acceptors (Lipinski definition) is 5. The molecule has 2 aromatic heterocycles. The number of aromatic amines is 1. The maximum absolute atomic E-state index is 12.9. The molecule has 158 valence electrons. The lowest BCUT2D eigenvalue weighted by Crippen LogP contribution is -2.45. The Kier molecular flexibility index (Phi) is 6.83. The molecule has 0 bridgehead atoms. The lowest BCUT2D eigenvalue weighted by atomic mass is 10.0. The molecule has 0 aliphatic heterocycles. The van der Waals surface area contributed by atoms with E-state index < -0.39 is 11.9 Å². The van der Waals surface area contributed by atoms with Crippen molar-refractivity contribution in [3.8, 4) is 5.69 Å². The minimum Gasteiger partial charge on any atom is -0.337 e. The van der Waals surface area contributed by atoms with Gasteiger partial charge in [-0.3, -0.25) is 14.7 Å². The Morgan fingerprint density at radius 1 is 1.23 bits per heavy atom. The minimum atomic E-state index is -0.752. The maximum Gasteiger partial charge on any atom is 0.291 e. The van der Waals surface area contributed by atoms with E-state index in [9.17, 15) is 9.59 Å². The number of nitrogens with zero attached hydrogens (tertiary/aromatic N) is 4. The SMILES string of the molecule is CCc1nc(C(=O)NC(CC(C)C)C(=O)Nc2ccn[nH]2)nn1-c1ccccc1Cl. The summed E-state index contributed by atoms with van der Waals surface area (Å²) in [6.45, 7) is 5.86. The van der Waals surface area contributed by atoms with Gasteiger partial charge in [-0.05, 0) is 24.5 Å². The van der Waals surface area contributed by atoms with Gasteiger partial charge in [-0.15, -0.1) is 5.10 Å². The largest absolute Gasteiger partial charge is 0.337 e. The van der Waals surface area contributed by atoms with Gasteiger partial charge in [0, 0.05) is 12.5 Å². The number of nitrogens with one attached hydrogen (secondary N) is 3. The van der Waals surface area contributed by atoms with E-state index in [4.69, 9.17) is 11.6 Å². The Morgan fingerprint density at radius 3 is 2.63 bits per heavy atom. The highest BCUT2D eigenvalue weighted by atomic mass is 35.5. The first-order chi connectivity index (χ1) is 14.4. The number of rotatable bonds is 8. The third-order valence-corrected chi connectivity index (χ3v) is 4.68. The molecule has 0 saturated carbocycles. The standard InChI is InChI=1S/C20H24ClN7O2/c1-4-17-25-18(27-28(17)15-8-6-5-7-13(15)21)20(30)23-14(11-12(2)3)19(29)24-16-9-10-22-26-16/h5-10,12,14H,4,11H2,1-3H3,(H,23,30)(H2,22,24,26,29). The van der Waals surface area contributed by atoms with Gasteiger partial charge in [0.1, 0.15) is 17.7 Å². The van der Waals surface area contributed by atoms with Gasteiger partial charge in [-0.1, -0.05) is 44.5 Å². The Bertz CT molecular complexity index is 1010. The van der Waals surface area contributed by atoms with E-state index in [0.717, 1.165) is 0 Å². The normalized spacial score (nSPS) is 12.0. The van der Waals surface area contributed by atoms with Crippen molar-refractivity contribution in [2.24, 2.45) is 5.92 Å². The van der Waals surface area contributed by atoms with Gasteiger partial charge >= 0.3 is 0 Å². The van der Waals surface area contributed by atoms with Gasteiger partial charge in [0.05, 0.1) is 16.9 Å². The van der Waals surface area contributed by atoms with Crippen LogP contribution in [0.5, 0.6) is 0 Å². The van der Waals surface area contributed by atoms with Gasteiger partial charge < -0.3 is 10.6 Å². The molecule has 0 aliphatic rings. The van der Waals surface area contributed by atoms with Crippen molar-refractivity contribution in [2.75, 3.05) is 5.32 Å². The topological polar surface area (TPSA) is 118 Å². The van der Waals surface area contributed by atoms with Gasteiger partial charge in [-0.2, -0.15) is 5.10 Å². The molecule has 1 atom stereocenters. The van der Waals surface area contributed by atoms with E-state index >= 15 is 0 Å². The smallest absolute Gasteiger partial charge is 0.291 e. The zero-order valence-corrected chi connectivity index (χ0v) is 17.8. The number of halogens is 1. The van der Waals surface area contributed by atoms with Crippen LogP contribution in [0.1, 0.15) is 43.6 Å². The van der Waals surface area contributed by atoms with Crippen molar-refractivity contribution in [2.45, 2.75) is 39.7 Å². The first-order valence-electron chi connectivity index (χ1n) is 9.71. The zero-order chi connectivity index (χ0) is 21.7. The van der Waals surface area contributed by atoms with Crippen LogP contribution in [-0.2, 0) is 11.2 Å². The average Bonchev–Trinajstić information content (AvgIpc) is 3.37. The van der Waals surface area contributed by atoms with Gasteiger partial charge in [0.2, 0.25) is 11.7 Å². The number of para-hydroxylation sites is 1. The van der Waals surface area contributed by atoms with Crippen LogP contribution < -0.4 is 10.6 Å². The fourth-order valence-electron chi connectivity index (χ4n) is 2.96. The highest BCUT2D eigenvalue weighted by molar-refractivity contribution is 6.32. The van der Waals surface area contributed by atoms with Gasteiger partial charge in [0.15, 0.2) is 0 Å². The molecule has 30 heavy (non-hydrogen) atoms. The molecule has 9 nitrogen and oxygen atoms in total. The number of benzene rings is 1. The monoisotopic (exact) mass is 429 g/mol. The molecule has 0 fully saturated rings. The van der Waals surface area contributed by atoms with E-state index in [-0.39, 0.29) is 17.6 Å². The molecule has 3 aromatic rings. The van der Waals surface area contributed by atoms with Crippen molar-refractivity contribution in [3.05, 3.63) is 53.2 Å². The third kappa shape index (κ3) is 5.04. The highest BCUT2D eigenvalue weighted by Crippen LogP contribution is 2.20. The number of carbonyl (C=O) groups excluding carboxylic acids is 2. The summed E-state index contributed by atoms with van der Waals surface area (Å²) in [7, 11) is 0.